The number of amides is 3. The van der Waals surface area contributed by atoms with Crippen molar-refractivity contribution in [3.05, 3.63) is 90.0 Å². The van der Waals surface area contributed by atoms with Crippen LogP contribution in [0.1, 0.15) is 18.1 Å². The predicted octanol–water partition coefficient (Wildman–Crippen LogP) is 4.32. The Morgan fingerprint density at radius 3 is 2.44 bits per heavy atom. The Balaban J connectivity index is 1.62. The SMILES string of the molecule is CC1(c2cccc3ccccc23)NC(=O)N(C/C=C/c2ccccc2)C1=O. The molecule has 27 heavy (non-hydrogen) atoms. The summed E-state index contributed by atoms with van der Waals surface area (Å²) < 4.78 is 0. The van der Waals surface area contributed by atoms with E-state index in [2.05, 4.69) is 5.32 Å². The summed E-state index contributed by atoms with van der Waals surface area (Å²) in [6.45, 7) is 2.01. The van der Waals surface area contributed by atoms with Gasteiger partial charge in [-0.1, -0.05) is 84.9 Å². The van der Waals surface area contributed by atoms with E-state index in [1.807, 2.05) is 84.9 Å². The average molecular weight is 356 g/mol. The van der Waals surface area contributed by atoms with Crippen LogP contribution in [0.15, 0.2) is 78.9 Å². The normalized spacial score (nSPS) is 19.8. The van der Waals surface area contributed by atoms with Gasteiger partial charge >= 0.3 is 6.03 Å². The lowest BCUT2D eigenvalue weighted by molar-refractivity contribution is -0.130. The molecule has 0 bridgehead atoms. The summed E-state index contributed by atoms with van der Waals surface area (Å²) in [6.07, 6.45) is 3.75. The Hall–Kier alpha value is -3.40. The smallest absolute Gasteiger partial charge is 0.319 e. The van der Waals surface area contributed by atoms with Crippen molar-refractivity contribution in [2.45, 2.75) is 12.5 Å². The zero-order valence-electron chi connectivity index (χ0n) is 15.1. The molecule has 0 radical (unpaired) electrons. The number of hydrogen-bond donors (Lipinski definition) is 1. The number of fused-ring (bicyclic) bond motifs is 1. The zero-order valence-corrected chi connectivity index (χ0v) is 15.1. The van der Waals surface area contributed by atoms with Gasteiger partial charge in [0.25, 0.3) is 5.91 Å². The van der Waals surface area contributed by atoms with E-state index in [4.69, 9.17) is 0 Å². The Morgan fingerprint density at radius 1 is 0.926 bits per heavy atom. The summed E-state index contributed by atoms with van der Waals surface area (Å²) in [5.41, 5.74) is 0.772. The third kappa shape index (κ3) is 2.99. The lowest BCUT2D eigenvalue weighted by atomic mass is 9.88. The number of carbonyl (C=O) groups is 2. The molecule has 4 rings (SSSR count). The van der Waals surface area contributed by atoms with Gasteiger partial charge in [0.2, 0.25) is 0 Å². The van der Waals surface area contributed by atoms with Gasteiger partial charge in [-0.15, -0.1) is 0 Å². The summed E-state index contributed by atoms with van der Waals surface area (Å²) >= 11 is 0. The number of urea groups is 1. The van der Waals surface area contributed by atoms with Crippen LogP contribution in [0.4, 0.5) is 4.79 Å². The maximum atomic E-state index is 13.1. The van der Waals surface area contributed by atoms with Gasteiger partial charge in [-0.05, 0) is 28.8 Å². The standard InChI is InChI=1S/C23H20N2O2/c1-23(20-15-7-13-18-12-5-6-14-19(18)20)21(26)25(22(27)24-23)16-8-11-17-9-3-2-4-10-17/h2-15H,16H2,1H3,(H,24,27)/b11-8+. The van der Waals surface area contributed by atoms with Crippen molar-refractivity contribution in [2.24, 2.45) is 0 Å². The van der Waals surface area contributed by atoms with Crippen molar-refractivity contribution in [3.63, 3.8) is 0 Å². The van der Waals surface area contributed by atoms with E-state index in [9.17, 15) is 9.59 Å². The highest BCUT2D eigenvalue weighted by Crippen LogP contribution is 2.33. The fourth-order valence-corrected chi connectivity index (χ4v) is 3.57. The van der Waals surface area contributed by atoms with Crippen LogP contribution in [0, 0.1) is 0 Å². The van der Waals surface area contributed by atoms with E-state index in [-0.39, 0.29) is 18.5 Å². The van der Waals surface area contributed by atoms with Gasteiger partial charge in [-0.3, -0.25) is 9.69 Å². The summed E-state index contributed by atoms with van der Waals surface area (Å²) in [4.78, 5) is 26.9. The molecule has 4 heteroatoms. The molecule has 1 fully saturated rings. The number of nitrogens with one attached hydrogen (secondary N) is 1. The highest BCUT2D eigenvalue weighted by atomic mass is 16.2. The van der Waals surface area contributed by atoms with Gasteiger partial charge in [0.1, 0.15) is 5.54 Å². The first-order valence-corrected chi connectivity index (χ1v) is 8.93. The van der Waals surface area contributed by atoms with E-state index < -0.39 is 5.54 Å². The van der Waals surface area contributed by atoms with Gasteiger partial charge in [0, 0.05) is 6.54 Å². The summed E-state index contributed by atoms with van der Waals surface area (Å²) in [5.74, 6) is -0.235. The molecule has 1 unspecified atom stereocenters. The fraction of sp³-hybridized carbons (Fsp3) is 0.130. The molecule has 0 aliphatic carbocycles. The molecule has 1 saturated heterocycles. The van der Waals surface area contributed by atoms with Crippen LogP contribution in [-0.2, 0) is 10.3 Å². The minimum Gasteiger partial charge on any atom is -0.319 e. The van der Waals surface area contributed by atoms with Crippen LogP contribution in [0.25, 0.3) is 16.8 Å². The van der Waals surface area contributed by atoms with Gasteiger partial charge < -0.3 is 5.32 Å². The van der Waals surface area contributed by atoms with Crippen LogP contribution >= 0.6 is 0 Å². The summed E-state index contributed by atoms with van der Waals surface area (Å²) in [7, 11) is 0. The largest absolute Gasteiger partial charge is 0.325 e. The Kier molecular flexibility index (Phi) is 4.24. The van der Waals surface area contributed by atoms with Crippen LogP contribution in [0.3, 0.4) is 0 Å². The quantitative estimate of drug-likeness (QED) is 0.708. The molecule has 3 aromatic carbocycles. The van der Waals surface area contributed by atoms with Gasteiger partial charge in [-0.2, -0.15) is 0 Å². The van der Waals surface area contributed by atoms with E-state index in [0.717, 1.165) is 21.9 Å². The first-order chi connectivity index (χ1) is 13.1. The first kappa shape index (κ1) is 17.0. The highest BCUT2D eigenvalue weighted by molar-refractivity contribution is 6.09. The van der Waals surface area contributed by atoms with Crippen LogP contribution in [0.5, 0.6) is 0 Å². The molecule has 0 aromatic heterocycles. The van der Waals surface area contributed by atoms with E-state index in [0.29, 0.717) is 0 Å². The Bertz CT molecular complexity index is 1040. The molecule has 134 valence electrons. The molecule has 1 aliphatic rings. The lowest BCUT2D eigenvalue weighted by Gasteiger charge is -2.23. The van der Waals surface area contributed by atoms with Crippen LogP contribution < -0.4 is 5.32 Å². The topological polar surface area (TPSA) is 49.4 Å². The molecule has 3 aromatic rings. The fourth-order valence-electron chi connectivity index (χ4n) is 3.57. The van der Waals surface area contributed by atoms with Gasteiger partial charge in [0.05, 0.1) is 0 Å². The van der Waals surface area contributed by atoms with Gasteiger partial charge in [0.15, 0.2) is 0 Å². The Labute approximate surface area is 158 Å². The first-order valence-electron chi connectivity index (χ1n) is 8.93. The molecule has 1 aliphatic heterocycles. The minimum atomic E-state index is -1.07. The van der Waals surface area contributed by atoms with Gasteiger partial charge in [-0.25, -0.2) is 4.79 Å². The Morgan fingerprint density at radius 2 is 1.63 bits per heavy atom. The molecule has 0 spiro atoms. The lowest BCUT2D eigenvalue weighted by Crippen LogP contribution is -2.41. The van der Waals surface area contributed by atoms with Crippen molar-refractivity contribution in [1.82, 2.24) is 10.2 Å². The second-order valence-electron chi connectivity index (χ2n) is 6.81. The predicted molar refractivity (Wildman–Crippen MR) is 107 cm³/mol. The zero-order chi connectivity index (χ0) is 18.9. The molecule has 3 amide bonds. The molecular weight excluding hydrogens is 336 g/mol. The monoisotopic (exact) mass is 356 g/mol. The van der Waals surface area contributed by atoms with Crippen molar-refractivity contribution in [2.75, 3.05) is 6.54 Å². The number of rotatable bonds is 4. The molecule has 1 heterocycles. The van der Waals surface area contributed by atoms with Crippen molar-refractivity contribution in [1.29, 1.82) is 0 Å². The third-order valence-corrected chi connectivity index (χ3v) is 5.00. The number of imide groups is 1. The molecular formula is C23H20N2O2. The third-order valence-electron chi connectivity index (χ3n) is 5.00. The maximum absolute atomic E-state index is 13.1. The van der Waals surface area contributed by atoms with E-state index >= 15 is 0 Å². The van der Waals surface area contributed by atoms with Crippen molar-refractivity contribution >= 4 is 28.8 Å². The van der Waals surface area contributed by atoms with Crippen LogP contribution in [-0.4, -0.2) is 23.4 Å². The average Bonchev–Trinajstić information content (AvgIpc) is 2.92. The van der Waals surface area contributed by atoms with Crippen LogP contribution in [0.2, 0.25) is 0 Å². The van der Waals surface area contributed by atoms with E-state index in [1.54, 1.807) is 6.92 Å². The summed E-state index contributed by atoms with van der Waals surface area (Å²) in [5, 5.41) is 4.90. The number of hydrogen-bond acceptors (Lipinski definition) is 2. The highest BCUT2D eigenvalue weighted by Gasteiger charge is 2.49. The number of carbonyl (C=O) groups excluding carboxylic acids is 2. The second kappa shape index (κ2) is 6.72. The molecule has 1 N–H and O–H groups in total. The van der Waals surface area contributed by atoms with Crippen molar-refractivity contribution < 1.29 is 9.59 Å². The molecule has 4 nitrogen and oxygen atoms in total. The minimum absolute atomic E-state index is 0.235. The summed E-state index contributed by atoms with van der Waals surface area (Å²) in [6, 6.07) is 23.1. The van der Waals surface area contributed by atoms with E-state index in [1.165, 1.54) is 4.90 Å². The number of benzene rings is 3. The molecule has 1 atom stereocenters. The van der Waals surface area contributed by atoms with Crippen molar-refractivity contribution in [3.8, 4) is 0 Å². The molecule has 0 saturated carbocycles. The second-order valence-corrected chi connectivity index (χ2v) is 6.81. The maximum Gasteiger partial charge on any atom is 0.325 e. The number of nitrogens with zero attached hydrogens (tertiary/aromatic N) is 1.